The van der Waals surface area contributed by atoms with Gasteiger partial charge >= 0.3 is 0 Å². The van der Waals surface area contributed by atoms with Crippen LogP contribution in [0, 0.1) is 5.92 Å². The average Bonchev–Trinajstić information content (AvgIpc) is 2.88. The summed E-state index contributed by atoms with van der Waals surface area (Å²) >= 11 is 0. The SMILES string of the molecule is COc1ccc(-n2nnc(CO)c2CC(C)C)cc1OC. The third kappa shape index (κ3) is 3.16. The number of aliphatic hydroxyl groups excluding tert-OH is 1. The zero-order valence-corrected chi connectivity index (χ0v) is 12.8. The molecule has 2 aromatic rings. The van der Waals surface area contributed by atoms with Crippen molar-refractivity contribution in [3.63, 3.8) is 0 Å². The summed E-state index contributed by atoms with van der Waals surface area (Å²) in [5, 5.41) is 17.6. The molecular formula is C15H21N3O3. The fraction of sp³-hybridized carbons (Fsp3) is 0.467. The molecule has 6 heteroatoms. The predicted octanol–water partition coefficient (Wildman–Crippen LogP) is 1.98. The molecule has 114 valence electrons. The van der Waals surface area contributed by atoms with E-state index in [-0.39, 0.29) is 6.61 Å². The van der Waals surface area contributed by atoms with Crippen LogP contribution in [0.25, 0.3) is 5.69 Å². The molecule has 0 amide bonds. The van der Waals surface area contributed by atoms with Crippen LogP contribution in [0.2, 0.25) is 0 Å². The molecule has 21 heavy (non-hydrogen) atoms. The van der Waals surface area contributed by atoms with Gasteiger partial charge in [0.05, 0.1) is 32.2 Å². The summed E-state index contributed by atoms with van der Waals surface area (Å²) < 4.78 is 12.3. The number of nitrogens with zero attached hydrogens (tertiary/aromatic N) is 3. The van der Waals surface area contributed by atoms with Crippen molar-refractivity contribution in [2.24, 2.45) is 5.92 Å². The molecule has 0 aliphatic carbocycles. The number of benzene rings is 1. The zero-order chi connectivity index (χ0) is 15.4. The summed E-state index contributed by atoms with van der Waals surface area (Å²) in [4.78, 5) is 0. The van der Waals surface area contributed by atoms with Gasteiger partial charge in [-0.2, -0.15) is 0 Å². The third-order valence-corrected chi connectivity index (χ3v) is 3.21. The van der Waals surface area contributed by atoms with E-state index in [0.29, 0.717) is 23.1 Å². The van der Waals surface area contributed by atoms with Crippen molar-refractivity contribution in [2.75, 3.05) is 14.2 Å². The van der Waals surface area contributed by atoms with Gasteiger partial charge in [0, 0.05) is 6.07 Å². The molecule has 0 atom stereocenters. The summed E-state index contributed by atoms with van der Waals surface area (Å²) in [7, 11) is 3.19. The van der Waals surface area contributed by atoms with E-state index in [1.807, 2.05) is 18.2 Å². The molecular weight excluding hydrogens is 270 g/mol. The van der Waals surface area contributed by atoms with Gasteiger partial charge in [0.25, 0.3) is 0 Å². The maximum absolute atomic E-state index is 9.41. The topological polar surface area (TPSA) is 69.4 Å². The average molecular weight is 291 g/mol. The normalized spacial score (nSPS) is 11.0. The summed E-state index contributed by atoms with van der Waals surface area (Å²) in [5.41, 5.74) is 2.36. The minimum atomic E-state index is -0.116. The molecule has 0 fully saturated rings. The lowest BCUT2D eigenvalue weighted by Gasteiger charge is -2.12. The van der Waals surface area contributed by atoms with E-state index in [1.165, 1.54) is 0 Å². The maximum Gasteiger partial charge on any atom is 0.162 e. The van der Waals surface area contributed by atoms with E-state index in [0.717, 1.165) is 17.8 Å². The predicted molar refractivity (Wildman–Crippen MR) is 78.9 cm³/mol. The number of aliphatic hydroxyl groups is 1. The largest absolute Gasteiger partial charge is 0.493 e. The molecule has 1 N–H and O–H groups in total. The summed E-state index contributed by atoms with van der Waals surface area (Å²) in [6, 6.07) is 5.56. The highest BCUT2D eigenvalue weighted by atomic mass is 16.5. The minimum Gasteiger partial charge on any atom is -0.493 e. The summed E-state index contributed by atoms with van der Waals surface area (Å²) in [6.45, 7) is 4.12. The van der Waals surface area contributed by atoms with Gasteiger partial charge < -0.3 is 14.6 Å². The Morgan fingerprint density at radius 3 is 2.48 bits per heavy atom. The van der Waals surface area contributed by atoms with Crippen molar-refractivity contribution in [1.82, 2.24) is 15.0 Å². The van der Waals surface area contributed by atoms with Gasteiger partial charge in [-0.25, -0.2) is 4.68 Å². The monoisotopic (exact) mass is 291 g/mol. The first-order valence-corrected chi connectivity index (χ1v) is 6.87. The molecule has 1 heterocycles. The van der Waals surface area contributed by atoms with Crippen molar-refractivity contribution in [3.05, 3.63) is 29.6 Å². The summed E-state index contributed by atoms with van der Waals surface area (Å²) in [6.07, 6.45) is 0.789. The van der Waals surface area contributed by atoms with Crippen LogP contribution in [-0.4, -0.2) is 34.3 Å². The first kappa shape index (κ1) is 15.3. The molecule has 0 saturated carbocycles. The first-order valence-electron chi connectivity index (χ1n) is 6.87. The maximum atomic E-state index is 9.41. The lowest BCUT2D eigenvalue weighted by molar-refractivity contribution is 0.275. The number of rotatable bonds is 6. The number of methoxy groups -OCH3 is 2. The Morgan fingerprint density at radius 1 is 1.19 bits per heavy atom. The molecule has 0 saturated heterocycles. The van der Waals surface area contributed by atoms with Crippen LogP contribution < -0.4 is 9.47 Å². The number of aromatic nitrogens is 3. The Morgan fingerprint density at radius 2 is 1.90 bits per heavy atom. The van der Waals surface area contributed by atoms with E-state index in [1.54, 1.807) is 18.9 Å². The van der Waals surface area contributed by atoms with Crippen LogP contribution >= 0.6 is 0 Å². The van der Waals surface area contributed by atoms with Gasteiger partial charge in [-0.15, -0.1) is 5.10 Å². The standard InChI is InChI=1S/C15H21N3O3/c1-10(2)7-13-12(9-19)16-17-18(13)11-5-6-14(20-3)15(8-11)21-4/h5-6,8,10,19H,7,9H2,1-4H3. The Kier molecular flexibility index (Phi) is 4.80. The van der Waals surface area contributed by atoms with Gasteiger partial charge in [0.15, 0.2) is 11.5 Å². The van der Waals surface area contributed by atoms with Crippen molar-refractivity contribution >= 4 is 0 Å². The minimum absolute atomic E-state index is 0.116. The lowest BCUT2D eigenvalue weighted by atomic mass is 10.1. The van der Waals surface area contributed by atoms with Crippen LogP contribution in [0.3, 0.4) is 0 Å². The molecule has 6 nitrogen and oxygen atoms in total. The third-order valence-electron chi connectivity index (χ3n) is 3.21. The van der Waals surface area contributed by atoms with E-state index >= 15 is 0 Å². The molecule has 0 spiro atoms. The quantitative estimate of drug-likeness (QED) is 0.881. The fourth-order valence-corrected chi connectivity index (χ4v) is 2.21. The molecule has 0 radical (unpaired) electrons. The number of hydrogen-bond donors (Lipinski definition) is 1. The second-order valence-electron chi connectivity index (χ2n) is 5.19. The van der Waals surface area contributed by atoms with Gasteiger partial charge in [-0.3, -0.25) is 0 Å². The second-order valence-corrected chi connectivity index (χ2v) is 5.19. The van der Waals surface area contributed by atoms with E-state index in [2.05, 4.69) is 24.2 Å². The van der Waals surface area contributed by atoms with Crippen LogP contribution in [-0.2, 0) is 13.0 Å². The van der Waals surface area contributed by atoms with Crippen molar-refractivity contribution in [3.8, 4) is 17.2 Å². The van der Waals surface area contributed by atoms with Crippen LogP contribution in [0.5, 0.6) is 11.5 Å². The van der Waals surface area contributed by atoms with Gasteiger partial charge in [-0.1, -0.05) is 19.1 Å². The lowest BCUT2D eigenvalue weighted by Crippen LogP contribution is -2.07. The second kappa shape index (κ2) is 6.58. The molecule has 1 aromatic carbocycles. The first-order chi connectivity index (χ1) is 10.1. The van der Waals surface area contributed by atoms with Gasteiger partial charge in [0.1, 0.15) is 5.69 Å². The Labute approximate surface area is 124 Å². The smallest absolute Gasteiger partial charge is 0.162 e. The highest BCUT2D eigenvalue weighted by molar-refractivity contribution is 5.49. The molecule has 2 rings (SSSR count). The number of hydrogen-bond acceptors (Lipinski definition) is 5. The molecule has 0 bridgehead atoms. The Bertz CT molecular complexity index is 608. The van der Waals surface area contributed by atoms with E-state index < -0.39 is 0 Å². The Hall–Kier alpha value is -2.08. The number of ether oxygens (including phenoxy) is 2. The van der Waals surface area contributed by atoms with Crippen molar-refractivity contribution < 1.29 is 14.6 Å². The molecule has 1 aromatic heterocycles. The molecule has 0 aliphatic heterocycles. The summed E-state index contributed by atoms with van der Waals surface area (Å²) in [5.74, 6) is 1.73. The van der Waals surface area contributed by atoms with Crippen LogP contribution in [0.1, 0.15) is 25.2 Å². The van der Waals surface area contributed by atoms with Crippen molar-refractivity contribution in [2.45, 2.75) is 26.9 Å². The van der Waals surface area contributed by atoms with Gasteiger partial charge in [-0.05, 0) is 24.5 Å². The van der Waals surface area contributed by atoms with E-state index in [4.69, 9.17) is 9.47 Å². The van der Waals surface area contributed by atoms with Crippen LogP contribution in [0.15, 0.2) is 18.2 Å². The fourth-order valence-electron chi connectivity index (χ4n) is 2.21. The van der Waals surface area contributed by atoms with E-state index in [9.17, 15) is 5.11 Å². The van der Waals surface area contributed by atoms with Crippen LogP contribution in [0.4, 0.5) is 0 Å². The van der Waals surface area contributed by atoms with Crippen molar-refractivity contribution in [1.29, 1.82) is 0 Å². The molecule has 0 unspecified atom stereocenters. The highest BCUT2D eigenvalue weighted by Gasteiger charge is 2.16. The highest BCUT2D eigenvalue weighted by Crippen LogP contribution is 2.29. The Balaban J connectivity index is 2.48. The zero-order valence-electron chi connectivity index (χ0n) is 12.8. The molecule has 0 aliphatic rings. The van der Waals surface area contributed by atoms with Gasteiger partial charge in [0.2, 0.25) is 0 Å².